The summed E-state index contributed by atoms with van der Waals surface area (Å²) in [6.07, 6.45) is 0. The van der Waals surface area contributed by atoms with Gasteiger partial charge in [0, 0.05) is 5.69 Å². The molecule has 1 aromatic heterocycles. The molecule has 0 aliphatic heterocycles. The molecule has 3 nitrogen and oxygen atoms in total. The fraction of sp³-hybridized carbons (Fsp3) is 0.250. The Bertz CT molecular complexity index is 498. The summed E-state index contributed by atoms with van der Waals surface area (Å²) in [5.74, 6) is 0. The van der Waals surface area contributed by atoms with Crippen molar-refractivity contribution >= 4 is 5.69 Å². The van der Waals surface area contributed by atoms with Gasteiger partial charge >= 0.3 is 0 Å². The van der Waals surface area contributed by atoms with E-state index < -0.39 is 0 Å². The molecule has 78 valence electrons. The van der Waals surface area contributed by atoms with Gasteiger partial charge in [-0.25, -0.2) is 4.68 Å². The molecule has 2 N–H and O–H groups in total. The van der Waals surface area contributed by atoms with Crippen molar-refractivity contribution in [3.8, 4) is 5.69 Å². The van der Waals surface area contributed by atoms with Crippen molar-refractivity contribution in [3.05, 3.63) is 41.2 Å². The highest BCUT2D eigenvalue weighted by Gasteiger charge is 2.07. The van der Waals surface area contributed by atoms with Crippen molar-refractivity contribution in [2.45, 2.75) is 20.8 Å². The van der Waals surface area contributed by atoms with E-state index in [1.807, 2.05) is 49.7 Å². The molecule has 0 spiro atoms. The lowest BCUT2D eigenvalue weighted by Crippen LogP contribution is -2.04. The fourth-order valence-corrected chi connectivity index (χ4v) is 1.72. The molecule has 15 heavy (non-hydrogen) atoms. The van der Waals surface area contributed by atoms with E-state index in [0.717, 1.165) is 28.3 Å². The second-order valence-electron chi connectivity index (χ2n) is 3.85. The molecule has 0 saturated heterocycles. The van der Waals surface area contributed by atoms with E-state index in [1.165, 1.54) is 0 Å². The minimum absolute atomic E-state index is 0.795. The van der Waals surface area contributed by atoms with E-state index in [4.69, 9.17) is 5.73 Å². The van der Waals surface area contributed by atoms with Crippen LogP contribution in [0.2, 0.25) is 0 Å². The Hall–Kier alpha value is -1.77. The molecule has 0 fully saturated rings. The number of aromatic nitrogens is 2. The van der Waals surface area contributed by atoms with Gasteiger partial charge < -0.3 is 5.73 Å². The van der Waals surface area contributed by atoms with Crippen LogP contribution in [-0.4, -0.2) is 9.78 Å². The van der Waals surface area contributed by atoms with Crippen LogP contribution in [0, 0.1) is 20.8 Å². The molecule has 0 amide bonds. The monoisotopic (exact) mass is 201 g/mol. The van der Waals surface area contributed by atoms with Crippen LogP contribution >= 0.6 is 0 Å². The van der Waals surface area contributed by atoms with E-state index in [-0.39, 0.29) is 0 Å². The Morgan fingerprint density at radius 1 is 1.20 bits per heavy atom. The number of para-hydroxylation sites is 1. The lowest BCUT2D eigenvalue weighted by atomic mass is 10.2. The molecule has 2 aromatic rings. The predicted molar refractivity (Wildman–Crippen MR) is 62.2 cm³/mol. The average Bonchev–Trinajstić information content (AvgIpc) is 2.50. The highest BCUT2D eigenvalue weighted by molar-refractivity contribution is 5.62. The van der Waals surface area contributed by atoms with Crippen molar-refractivity contribution in [3.63, 3.8) is 0 Å². The average molecular weight is 201 g/mol. The standard InChI is InChI=1S/C12H15N3/c1-8-5-4-6-11(12(8)13)15-10(3)7-9(2)14-15/h4-7H,13H2,1-3H3. The number of aryl methyl sites for hydroxylation is 3. The Morgan fingerprint density at radius 2 is 1.93 bits per heavy atom. The van der Waals surface area contributed by atoms with Gasteiger partial charge in [-0.15, -0.1) is 0 Å². The zero-order chi connectivity index (χ0) is 11.0. The Labute approximate surface area is 89.5 Å². The van der Waals surface area contributed by atoms with Gasteiger partial charge in [0.1, 0.15) is 0 Å². The van der Waals surface area contributed by atoms with Crippen molar-refractivity contribution in [2.75, 3.05) is 5.73 Å². The van der Waals surface area contributed by atoms with E-state index >= 15 is 0 Å². The lowest BCUT2D eigenvalue weighted by molar-refractivity contribution is 0.835. The molecule has 2 rings (SSSR count). The summed E-state index contributed by atoms with van der Waals surface area (Å²) < 4.78 is 1.89. The number of nitrogen functional groups attached to an aromatic ring is 1. The van der Waals surface area contributed by atoms with Gasteiger partial charge in [0.25, 0.3) is 0 Å². The zero-order valence-corrected chi connectivity index (χ0v) is 9.28. The first-order valence-corrected chi connectivity index (χ1v) is 4.98. The Kier molecular flexibility index (Phi) is 2.23. The van der Waals surface area contributed by atoms with Crippen LogP contribution < -0.4 is 5.73 Å². The number of benzene rings is 1. The second-order valence-corrected chi connectivity index (χ2v) is 3.85. The van der Waals surface area contributed by atoms with Gasteiger partial charge in [-0.05, 0) is 38.5 Å². The summed E-state index contributed by atoms with van der Waals surface area (Å²) >= 11 is 0. The highest BCUT2D eigenvalue weighted by atomic mass is 15.3. The maximum atomic E-state index is 6.03. The van der Waals surface area contributed by atoms with Crippen molar-refractivity contribution in [2.24, 2.45) is 0 Å². The van der Waals surface area contributed by atoms with Crippen LogP contribution in [-0.2, 0) is 0 Å². The van der Waals surface area contributed by atoms with Crippen molar-refractivity contribution in [1.82, 2.24) is 9.78 Å². The predicted octanol–water partition coefficient (Wildman–Crippen LogP) is 2.38. The normalized spacial score (nSPS) is 10.6. The van der Waals surface area contributed by atoms with Crippen LogP contribution in [0.3, 0.4) is 0 Å². The van der Waals surface area contributed by atoms with E-state index in [2.05, 4.69) is 5.10 Å². The summed E-state index contributed by atoms with van der Waals surface area (Å²) in [5, 5.41) is 4.42. The smallest absolute Gasteiger partial charge is 0.0880 e. The van der Waals surface area contributed by atoms with Gasteiger partial charge in [-0.1, -0.05) is 12.1 Å². The van der Waals surface area contributed by atoms with Crippen molar-refractivity contribution in [1.29, 1.82) is 0 Å². The van der Waals surface area contributed by atoms with Crippen LogP contribution in [0.5, 0.6) is 0 Å². The number of anilines is 1. The number of rotatable bonds is 1. The van der Waals surface area contributed by atoms with Gasteiger partial charge in [0.15, 0.2) is 0 Å². The summed E-state index contributed by atoms with van der Waals surface area (Å²) in [4.78, 5) is 0. The summed E-state index contributed by atoms with van der Waals surface area (Å²) in [7, 11) is 0. The third-order valence-corrected chi connectivity index (χ3v) is 2.54. The van der Waals surface area contributed by atoms with Gasteiger partial charge in [-0.2, -0.15) is 5.10 Å². The molecule has 3 heteroatoms. The zero-order valence-electron chi connectivity index (χ0n) is 9.28. The number of hydrogen-bond acceptors (Lipinski definition) is 2. The molecule has 1 heterocycles. The number of nitrogens with zero attached hydrogens (tertiary/aromatic N) is 2. The van der Waals surface area contributed by atoms with E-state index in [9.17, 15) is 0 Å². The van der Waals surface area contributed by atoms with Crippen LogP contribution in [0.25, 0.3) is 5.69 Å². The molecule has 0 saturated carbocycles. The Morgan fingerprint density at radius 3 is 2.53 bits per heavy atom. The van der Waals surface area contributed by atoms with Crippen molar-refractivity contribution < 1.29 is 0 Å². The number of nitrogens with two attached hydrogens (primary N) is 1. The first-order valence-electron chi connectivity index (χ1n) is 4.98. The summed E-state index contributed by atoms with van der Waals surface area (Å²) in [5.41, 5.74) is 11.0. The molecular formula is C12H15N3. The molecule has 0 bridgehead atoms. The molecule has 0 unspecified atom stereocenters. The topological polar surface area (TPSA) is 43.8 Å². The van der Waals surface area contributed by atoms with Gasteiger partial charge in [0.2, 0.25) is 0 Å². The third-order valence-electron chi connectivity index (χ3n) is 2.54. The first-order chi connectivity index (χ1) is 7.09. The molecular weight excluding hydrogens is 186 g/mol. The molecule has 0 atom stereocenters. The SMILES string of the molecule is Cc1cc(C)n(-c2cccc(C)c2N)n1. The summed E-state index contributed by atoms with van der Waals surface area (Å²) in [6.45, 7) is 6.02. The minimum Gasteiger partial charge on any atom is -0.397 e. The van der Waals surface area contributed by atoms with Gasteiger partial charge in [-0.3, -0.25) is 0 Å². The largest absolute Gasteiger partial charge is 0.397 e. The molecule has 0 aliphatic carbocycles. The highest BCUT2D eigenvalue weighted by Crippen LogP contribution is 2.21. The van der Waals surface area contributed by atoms with E-state index in [0.29, 0.717) is 0 Å². The van der Waals surface area contributed by atoms with Crippen LogP contribution in [0.15, 0.2) is 24.3 Å². The van der Waals surface area contributed by atoms with Gasteiger partial charge in [0.05, 0.1) is 17.1 Å². The molecule has 0 aliphatic rings. The molecule has 1 aromatic carbocycles. The first kappa shape index (κ1) is 9.77. The summed E-state index contributed by atoms with van der Waals surface area (Å²) in [6, 6.07) is 8.03. The quantitative estimate of drug-likeness (QED) is 0.720. The fourth-order valence-electron chi connectivity index (χ4n) is 1.72. The minimum atomic E-state index is 0.795. The molecule has 0 radical (unpaired) electrons. The maximum Gasteiger partial charge on any atom is 0.0880 e. The Balaban J connectivity index is 2.64. The lowest BCUT2D eigenvalue weighted by Gasteiger charge is -2.09. The third kappa shape index (κ3) is 1.61. The van der Waals surface area contributed by atoms with E-state index in [1.54, 1.807) is 0 Å². The second kappa shape index (κ2) is 3.42. The van der Waals surface area contributed by atoms with Crippen LogP contribution in [0.1, 0.15) is 17.0 Å². The maximum absolute atomic E-state index is 6.03. The van der Waals surface area contributed by atoms with Crippen LogP contribution in [0.4, 0.5) is 5.69 Å². The number of hydrogen-bond donors (Lipinski definition) is 1.